The zero-order valence-electron chi connectivity index (χ0n) is 11.3. The lowest BCUT2D eigenvalue weighted by atomic mass is 10.2. The van der Waals surface area contributed by atoms with Crippen LogP contribution in [0.4, 0.5) is 0 Å². The number of halogens is 1. The molecule has 0 saturated carbocycles. The number of rotatable bonds is 6. The van der Waals surface area contributed by atoms with Crippen LogP contribution in [0.2, 0.25) is 5.02 Å². The van der Waals surface area contributed by atoms with Crippen molar-refractivity contribution in [1.82, 2.24) is 4.72 Å². The molecule has 0 fully saturated rings. The fourth-order valence-corrected chi connectivity index (χ4v) is 3.49. The van der Waals surface area contributed by atoms with Crippen molar-refractivity contribution < 1.29 is 18.3 Å². The van der Waals surface area contributed by atoms with E-state index in [1.165, 1.54) is 17.7 Å². The molecule has 0 atom stereocenters. The minimum Gasteiger partial charge on any atom is -0.478 e. The first-order valence-corrected chi connectivity index (χ1v) is 8.47. The first kappa shape index (κ1) is 16.0. The number of benzene rings is 1. The summed E-state index contributed by atoms with van der Waals surface area (Å²) >= 11 is 5.73. The summed E-state index contributed by atoms with van der Waals surface area (Å²) in [6.45, 7) is 0.305. The number of carboxylic acids is 1. The van der Waals surface area contributed by atoms with Crippen molar-refractivity contribution in [3.63, 3.8) is 0 Å². The summed E-state index contributed by atoms with van der Waals surface area (Å²) in [5, 5.41) is 8.98. The first-order chi connectivity index (χ1) is 9.90. The Kier molecular flexibility index (Phi) is 5.03. The second-order valence-electron chi connectivity index (χ2n) is 4.85. The average Bonchev–Trinajstić information content (AvgIpc) is 2.91. The second kappa shape index (κ2) is 6.60. The number of hydrogen-bond donors (Lipinski definition) is 2. The number of aromatic carboxylic acids is 1. The Morgan fingerprint density at radius 3 is 2.76 bits per heavy atom. The summed E-state index contributed by atoms with van der Waals surface area (Å²) in [5.41, 5.74) is 1.04. The molecule has 5 nitrogen and oxygen atoms in total. The van der Waals surface area contributed by atoms with Crippen LogP contribution in [0.3, 0.4) is 0 Å². The standard InChI is InChI=1S/C14H16ClNO4S/c15-13-6-5-11(9-12(13)14(17)18)21(19,20)16-8-7-10-3-1-2-4-10/h3,5-6,9,16H,1-2,4,7-8H2,(H,17,18). The van der Waals surface area contributed by atoms with Crippen molar-refractivity contribution in [2.24, 2.45) is 0 Å². The molecule has 2 N–H and O–H groups in total. The normalized spacial score (nSPS) is 15.0. The van der Waals surface area contributed by atoms with Gasteiger partial charge in [0.15, 0.2) is 0 Å². The van der Waals surface area contributed by atoms with Gasteiger partial charge in [0.1, 0.15) is 0 Å². The van der Waals surface area contributed by atoms with E-state index in [0.29, 0.717) is 13.0 Å². The second-order valence-corrected chi connectivity index (χ2v) is 7.02. The molecule has 0 aromatic heterocycles. The molecule has 1 aromatic rings. The lowest BCUT2D eigenvalue weighted by molar-refractivity contribution is 0.0697. The van der Waals surface area contributed by atoms with Gasteiger partial charge >= 0.3 is 5.97 Å². The topological polar surface area (TPSA) is 83.5 Å². The zero-order valence-corrected chi connectivity index (χ0v) is 12.9. The number of carbonyl (C=O) groups is 1. The van der Waals surface area contributed by atoms with Crippen LogP contribution < -0.4 is 4.72 Å². The lowest BCUT2D eigenvalue weighted by Gasteiger charge is -2.08. The van der Waals surface area contributed by atoms with E-state index in [1.54, 1.807) is 0 Å². The molecule has 0 heterocycles. The Balaban J connectivity index is 2.08. The third kappa shape index (κ3) is 4.06. The molecule has 0 saturated heterocycles. The van der Waals surface area contributed by atoms with Crippen molar-refractivity contribution in [3.05, 3.63) is 40.4 Å². The minimum absolute atomic E-state index is 0.0116. The van der Waals surface area contributed by atoms with Gasteiger partial charge in [-0.05, 0) is 43.9 Å². The molecule has 0 amide bonds. The van der Waals surface area contributed by atoms with Crippen LogP contribution in [0.15, 0.2) is 34.7 Å². The molecule has 0 unspecified atom stereocenters. The van der Waals surface area contributed by atoms with Gasteiger partial charge < -0.3 is 5.11 Å². The van der Waals surface area contributed by atoms with Gasteiger partial charge in [-0.3, -0.25) is 0 Å². The number of nitrogens with one attached hydrogen (secondary N) is 1. The Morgan fingerprint density at radius 2 is 2.14 bits per heavy atom. The van der Waals surface area contributed by atoms with Crippen LogP contribution in [0.1, 0.15) is 36.0 Å². The monoisotopic (exact) mass is 329 g/mol. The van der Waals surface area contributed by atoms with Crippen molar-refractivity contribution in [3.8, 4) is 0 Å². The van der Waals surface area contributed by atoms with E-state index in [1.807, 2.05) is 0 Å². The smallest absolute Gasteiger partial charge is 0.337 e. The van der Waals surface area contributed by atoms with Crippen molar-refractivity contribution in [2.75, 3.05) is 6.54 Å². The van der Waals surface area contributed by atoms with Gasteiger partial charge in [0.2, 0.25) is 10.0 Å². The molecule has 114 valence electrons. The highest BCUT2D eigenvalue weighted by Crippen LogP contribution is 2.22. The van der Waals surface area contributed by atoms with Crippen molar-refractivity contribution in [1.29, 1.82) is 0 Å². The average molecular weight is 330 g/mol. The molecule has 1 aliphatic carbocycles. The molecule has 7 heteroatoms. The van der Waals surface area contributed by atoms with E-state index in [2.05, 4.69) is 10.8 Å². The summed E-state index contributed by atoms with van der Waals surface area (Å²) in [7, 11) is -3.72. The zero-order chi connectivity index (χ0) is 15.5. The molecule has 0 spiro atoms. The van der Waals surface area contributed by atoms with Gasteiger partial charge in [0.25, 0.3) is 0 Å². The Hall–Kier alpha value is -1.37. The molecular weight excluding hydrogens is 314 g/mol. The largest absolute Gasteiger partial charge is 0.478 e. The minimum atomic E-state index is -3.72. The maximum absolute atomic E-state index is 12.1. The van der Waals surface area contributed by atoms with Gasteiger partial charge in [0, 0.05) is 6.54 Å². The van der Waals surface area contributed by atoms with Crippen LogP contribution >= 0.6 is 11.6 Å². The van der Waals surface area contributed by atoms with Crippen molar-refractivity contribution in [2.45, 2.75) is 30.6 Å². The predicted octanol–water partition coefficient (Wildman–Crippen LogP) is 2.82. The third-order valence-electron chi connectivity index (χ3n) is 3.35. The van der Waals surface area contributed by atoms with E-state index in [4.69, 9.17) is 16.7 Å². The molecule has 1 aromatic carbocycles. The quantitative estimate of drug-likeness (QED) is 0.786. The SMILES string of the molecule is O=C(O)c1cc(S(=O)(=O)NCCC2=CCCC2)ccc1Cl. The summed E-state index contributed by atoms with van der Waals surface area (Å²) in [6.07, 6.45) is 6.02. The fraction of sp³-hybridized carbons (Fsp3) is 0.357. The number of allylic oxidation sites excluding steroid dienone is 1. The third-order valence-corrected chi connectivity index (χ3v) is 5.14. The van der Waals surface area contributed by atoms with Gasteiger partial charge in [-0.2, -0.15) is 0 Å². The summed E-state index contributed by atoms with van der Waals surface area (Å²) in [6, 6.07) is 3.65. The maximum Gasteiger partial charge on any atom is 0.337 e. The lowest BCUT2D eigenvalue weighted by Crippen LogP contribution is -2.25. The number of hydrogen-bond acceptors (Lipinski definition) is 3. The Labute approximate surface area is 128 Å². The Morgan fingerprint density at radius 1 is 1.38 bits per heavy atom. The van der Waals surface area contributed by atoms with Crippen LogP contribution in [-0.4, -0.2) is 26.0 Å². The summed E-state index contributed by atoms with van der Waals surface area (Å²) in [5.74, 6) is -1.26. The van der Waals surface area contributed by atoms with Gasteiger partial charge in [-0.15, -0.1) is 0 Å². The van der Waals surface area contributed by atoms with E-state index in [-0.39, 0.29) is 15.5 Å². The van der Waals surface area contributed by atoms with Gasteiger partial charge in [-0.1, -0.05) is 23.3 Å². The highest BCUT2D eigenvalue weighted by Gasteiger charge is 2.18. The van der Waals surface area contributed by atoms with E-state index in [9.17, 15) is 13.2 Å². The molecule has 0 bridgehead atoms. The molecule has 0 aliphatic heterocycles. The van der Waals surface area contributed by atoms with Crippen molar-refractivity contribution >= 4 is 27.6 Å². The van der Waals surface area contributed by atoms with E-state index in [0.717, 1.165) is 25.3 Å². The predicted molar refractivity (Wildman–Crippen MR) is 80.2 cm³/mol. The molecule has 0 radical (unpaired) electrons. The number of carboxylic acid groups (broad SMARTS) is 1. The maximum atomic E-state index is 12.1. The van der Waals surface area contributed by atoms with Crippen LogP contribution in [0.5, 0.6) is 0 Å². The molecular formula is C14H16ClNO4S. The first-order valence-electron chi connectivity index (χ1n) is 6.60. The van der Waals surface area contributed by atoms with Gasteiger partial charge in [0.05, 0.1) is 15.5 Å². The van der Waals surface area contributed by atoms with Crippen LogP contribution in [-0.2, 0) is 10.0 Å². The van der Waals surface area contributed by atoms with Crippen LogP contribution in [0, 0.1) is 0 Å². The highest BCUT2D eigenvalue weighted by atomic mass is 35.5. The highest BCUT2D eigenvalue weighted by molar-refractivity contribution is 7.89. The number of sulfonamides is 1. The summed E-state index contributed by atoms with van der Waals surface area (Å²) in [4.78, 5) is 10.9. The Bertz CT molecular complexity index is 682. The van der Waals surface area contributed by atoms with E-state index >= 15 is 0 Å². The fourth-order valence-electron chi connectivity index (χ4n) is 2.23. The molecule has 1 aliphatic rings. The van der Waals surface area contributed by atoms with Crippen LogP contribution in [0.25, 0.3) is 0 Å². The molecule has 21 heavy (non-hydrogen) atoms. The molecule has 2 rings (SSSR count). The van der Waals surface area contributed by atoms with Gasteiger partial charge in [-0.25, -0.2) is 17.9 Å². The summed E-state index contributed by atoms with van der Waals surface area (Å²) < 4.78 is 26.7. The van der Waals surface area contributed by atoms with E-state index < -0.39 is 16.0 Å².